The number of halogens is 2. The third-order valence-electron chi connectivity index (χ3n) is 8.65. The van der Waals surface area contributed by atoms with Gasteiger partial charge in [-0.15, -0.1) is 11.3 Å². The Morgan fingerprint density at radius 3 is 2.49 bits per heavy atom. The van der Waals surface area contributed by atoms with Gasteiger partial charge in [0.1, 0.15) is 11.6 Å². The predicted molar refractivity (Wildman–Crippen MR) is 200 cm³/mol. The van der Waals surface area contributed by atoms with Crippen LogP contribution in [0, 0.1) is 5.92 Å². The Hall–Kier alpha value is -2.83. The van der Waals surface area contributed by atoms with Crippen LogP contribution in [0.5, 0.6) is 0 Å². The van der Waals surface area contributed by atoms with Crippen LogP contribution < -0.4 is 16.0 Å². The van der Waals surface area contributed by atoms with Gasteiger partial charge in [-0.25, -0.2) is 9.78 Å². The molecule has 9 nitrogen and oxygen atoms in total. The third-order valence-corrected chi connectivity index (χ3v) is 11.4. The molecule has 1 aliphatic carbocycles. The van der Waals surface area contributed by atoms with E-state index in [1.54, 1.807) is 20.8 Å². The van der Waals surface area contributed by atoms with E-state index in [2.05, 4.69) is 20.9 Å². The van der Waals surface area contributed by atoms with Crippen molar-refractivity contribution in [1.29, 1.82) is 0 Å². The minimum Gasteiger partial charge on any atom is -0.444 e. The van der Waals surface area contributed by atoms with Crippen LogP contribution in [-0.2, 0) is 20.9 Å². The van der Waals surface area contributed by atoms with E-state index < -0.39 is 17.7 Å². The van der Waals surface area contributed by atoms with Crippen molar-refractivity contribution in [3.8, 4) is 11.3 Å². The van der Waals surface area contributed by atoms with E-state index in [-0.39, 0.29) is 23.8 Å². The number of thioether (sulfide) groups is 1. The number of hydrogen-bond acceptors (Lipinski definition) is 8. The van der Waals surface area contributed by atoms with Gasteiger partial charge in [0.25, 0.3) is 0 Å². The van der Waals surface area contributed by atoms with Crippen LogP contribution in [0.4, 0.5) is 10.5 Å². The summed E-state index contributed by atoms with van der Waals surface area (Å²) < 4.78 is 6.27. The molecule has 2 heterocycles. The van der Waals surface area contributed by atoms with Crippen molar-refractivity contribution in [2.75, 3.05) is 24.2 Å². The molecule has 1 aromatic heterocycles. The van der Waals surface area contributed by atoms with Crippen molar-refractivity contribution in [1.82, 2.24) is 20.5 Å². The van der Waals surface area contributed by atoms with Gasteiger partial charge < -0.3 is 20.7 Å². The number of rotatable bonds is 11. The molecule has 0 unspecified atom stereocenters. The van der Waals surface area contributed by atoms with E-state index in [0.29, 0.717) is 21.5 Å². The summed E-state index contributed by atoms with van der Waals surface area (Å²) in [5, 5.41) is 12.1. The van der Waals surface area contributed by atoms with Crippen molar-refractivity contribution in [2.45, 2.75) is 94.3 Å². The average Bonchev–Trinajstić information content (AvgIpc) is 3.54. The molecule has 5 rings (SSSR count). The molecule has 264 valence electrons. The van der Waals surface area contributed by atoms with Gasteiger partial charge in [-0.05, 0) is 82.2 Å². The van der Waals surface area contributed by atoms with Gasteiger partial charge >= 0.3 is 6.09 Å². The largest absolute Gasteiger partial charge is 0.444 e. The van der Waals surface area contributed by atoms with Crippen molar-refractivity contribution < 1.29 is 19.1 Å². The number of ether oxygens (including phenoxy) is 1. The SMILES string of the molecule is CC(C)(C)OC(=O)N[C@H](C(=O)Nc1cccc(-c2csc(SCC(=O)NC3CCN(Cc4ccc(Cl)c(Cl)c4)CC3)n2)c1)C1CCCCC1. The highest BCUT2D eigenvalue weighted by atomic mass is 35.5. The van der Waals surface area contributed by atoms with Gasteiger partial charge in [-0.3, -0.25) is 14.5 Å². The van der Waals surface area contributed by atoms with Gasteiger partial charge in [0.15, 0.2) is 4.34 Å². The molecule has 3 aromatic rings. The van der Waals surface area contributed by atoms with Gasteiger partial charge in [0.2, 0.25) is 11.8 Å². The van der Waals surface area contributed by atoms with Crippen molar-refractivity contribution in [3.63, 3.8) is 0 Å². The molecule has 3 amide bonds. The van der Waals surface area contributed by atoms with E-state index >= 15 is 0 Å². The van der Waals surface area contributed by atoms with Crippen molar-refractivity contribution in [2.24, 2.45) is 5.92 Å². The van der Waals surface area contributed by atoms with Crippen LogP contribution in [0.25, 0.3) is 11.3 Å². The topological polar surface area (TPSA) is 113 Å². The number of carbonyl (C=O) groups excluding carboxylic acids is 3. The summed E-state index contributed by atoms with van der Waals surface area (Å²) in [4.78, 5) is 46.1. The van der Waals surface area contributed by atoms with E-state index in [1.807, 2.05) is 47.8 Å². The molecule has 13 heteroatoms. The number of nitrogens with one attached hydrogen (secondary N) is 3. The summed E-state index contributed by atoms with van der Waals surface area (Å²) in [5.41, 5.74) is 2.72. The molecule has 0 bridgehead atoms. The lowest BCUT2D eigenvalue weighted by molar-refractivity contribution is -0.120. The minimum absolute atomic E-state index is 0.00176. The Kier molecular flexibility index (Phi) is 13.3. The average molecular weight is 747 g/mol. The second-order valence-corrected chi connectivity index (χ2v) is 16.6. The summed E-state index contributed by atoms with van der Waals surface area (Å²) in [6.07, 6.45) is 6.17. The Balaban J connectivity index is 1.10. The lowest BCUT2D eigenvalue weighted by Crippen LogP contribution is -2.50. The van der Waals surface area contributed by atoms with Crippen molar-refractivity contribution in [3.05, 3.63) is 63.5 Å². The number of aromatic nitrogens is 1. The highest BCUT2D eigenvalue weighted by Gasteiger charge is 2.32. The zero-order chi connectivity index (χ0) is 35.0. The zero-order valence-corrected chi connectivity index (χ0v) is 31.4. The molecule has 2 fully saturated rings. The normalized spacial score (nSPS) is 16.9. The van der Waals surface area contributed by atoms with Crippen LogP contribution in [-0.4, -0.2) is 64.3 Å². The Morgan fingerprint density at radius 1 is 1.02 bits per heavy atom. The Morgan fingerprint density at radius 2 is 1.78 bits per heavy atom. The molecule has 49 heavy (non-hydrogen) atoms. The van der Waals surface area contributed by atoms with Crippen LogP contribution in [0.15, 0.2) is 52.2 Å². The van der Waals surface area contributed by atoms with Gasteiger partial charge in [-0.1, -0.05) is 72.4 Å². The Bertz CT molecular complexity index is 1600. The van der Waals surface area contributed by atoms with Crippen LogP contribution >= 0.6 is 46.3 Å². The molecule has 2 aliphatic rings. The molecule has 1 aliphatic heterocycles. The predicted octanol–water partition coefficient (Wildman–Crippen LogP) is 8.40. The fraction of sp³-hybridized carbons (Fsp3) is 0.500. The summed E-state index contributed by atoms with van der Waals surface area (Å²) in [6.45, 7) is 8.01. The quantitative estimate of drug-likeness (QED) is 0.169. The van der Waals surface area contributed by atoms with E-state index in [1.165, 1.54) is 23.1 Å². The molecule has 2 aromatic carbocycles. The summed E-state index contributed by atoms with van der Waals surface area (Å²) in [6, 6.07) is 12.7. The summed E-state index contributed by atoms with van der Waals surface area (Å²) in [7, 11) is 0. The van der Waals surface area contributed by atoms with E-state index in [4.69, 9.17) is 32.9 Å². The number of nitrogens with zero attached hydrogens (tertiary/aromatic N) is 2. The van der Waals surface area contributed by atoms with Crippen LogP contribution in [0.2, 0.25) is 10.0 Å². The number of carbonyl (C=O) groups is 3. The fourth-order valence-electron chi connectivity index (χ4n) is 6.26. The number of anilines is 1. The smallest absolute Gasteiger partial charge is 0.408 e. The maximum atomic E-state index is 13.5. The van der Waals surface area contributed by atoms with Crippen molar-refractivity contribution >= 4 is 69.9 Å². The van der Waals surface area contributed by atoms with Crippen LogP contribution in [0.3, 0.4) is 0 Å². The number of piperidine rings is 1. The zero-order valence-electron chi connectivity index (χ0n) is 28.2. The number of hydrogen-bond donors (Lipinski definition) is 3. The lowest BCUT2D eigenvalue weighted by atomic mass is 9.83. The molecule has 1 atom stereocenters. The summed E-state index contributed by atoms with van der Waals surface area (Å²) >= 11 is 15.1. The number of amides is 3. The maximum absolute atomic E-state index is 13.5. The molecule has 0 radical (unpaired) electrons. The van der Waals surface area contributed by atoms with Crippen LogP contribution in [0.1, 0.15) is 71.3 Å². The monoisotopic (exact) mass is 745 g/mol. The fourth-order valence-corrected chi connectivity index (χ4v) is 8.23. The Labute approximate surface area is 307 Å². The second-order valence-electron chi connectivity index (χ2n) is 13.7. The van der Waals surface area contributed by atoms with Gasteiger partial charge in [0.05, 0.1) is 21.5 Å². The number of alkyl carbamates (subject to hydrolysis) is 1. The molecule has 3 N–H and O–H groups in total. The van der Waals surface area contributed by atoms with Gasteiger partial charge in [-0.2, -0.15) is 0 Å². The molecule has 1 saturated carbocycles. The number of likely N-dealkylation sites (tertiary alicyclic amines) is 1. The second kappa shape index (κ2) is 17.4. The first-order valence-corrected chi connectivity index (χ1v) is 19.5. The lowest BCUT2D eigenvalue weighted by Gasteiger charge is -2.32. The molecule has 1 saturated heterocycles. The first-order chi connectivity index (χ1) is 23.4. The minimum atomic E-state index is -0.686. The molecular formula is C36H45Cl2N5O4S2. The maximum Gasteiger partial charge on any atom is 0.408 e. The molecular weight excluding hydrogens is 701 g/mol. The number of benzene rings is 2. The van der Waals surface area contributed by atoms with Gasteiger partial charge in [0, 0.05) is 42.3 Å². The standard InChI is InChI=1S/C36H45Cl2N5O4S2/c1-36(2,3)47-34(46)42-32(24-8-5-4-6-9-24)33(45)40-27-11-7-10-25(19-27)30-21-48-35(41-30)49-22-31(44)39-26-14-16-43(17-15-26)20-23-12-13-28(37)29(38)18-23/h7,10-13,18-19,21,24,26,32H,4-6,8-9,14-17,20,22H2,1-3H3,(H,39,44)(H,40,45)(H,42,46)/t32-/m0/s1. The highest BCUT2D eigenvalue weighted by molar-refractivity contribution is 8.01. The molecule has 0 spiro atoms. The first-order valence-electron chi connectivity index (χ1n) is 16.9. The van der Waals surface area contributed by atoms with E-state index in [9.17, 15) is 14.4 Å². The number of thiazole rings is 1. The third kappa shape index (κ3) is 11.6. The highest BCUT2D eigenvalue weighted by Crippen LogP contribution is 2.31. The first kappa shape index (κ1) is 37.4. The van der Waals surface area contributed by atoms with E-state index in [0.717, 1.165) is 85.7 Å². The summed E-state index contributed by atoms with van der Waals surface area (Å²) in [5.74, 6) is 0.0852.